The van der Waals surface area contributed by atoms with Crippen LogP contribution < -0.4 is 0 Å². The van der Waals surface area contributed by atoms with Gasteiger partial charge in [-0.15, -0.1) is 0 Å². The highest BCUT2D eigenvalue weighted by Crippen LogP contribution is 2.26. The van der Waals surface area contributed by atoms with Gasteiger partial charge in [0, 0.05) is 16.2 Å². The van der Waals surface area contributed by atoms with E-state index >= 15 is 0 Å². The van der Waals surface area contributed by atoms with E-state index in [0.717, 1.165) is 15.7 Å². The number of benzene rings is 2. The molecule has 0 bridgehead atoms. The first-order valence-corrected chi connectivity index (χ1v) is 8.06. The standard InChI is InChI=1S/C18H15BrN2O2/c1-2-23-18(22)16-12-21(15-6-4-3-5-7-15)20-17(16)13-8-10-14(19)11-9-13/h3-12H,2H2,1H3. The van der Waals surface area contributed by atoms with Crippen molar-refractivity contribution >= 4 is 21.9 Å². The molecule has 0 saturated heterocycles. The Morgan fingerprint density at radius 2 is 1.83 bits per heavy atom. The number of hydrogen-bond acceptors (Lipinski definition) is 3. The van der Waals surface area contributed by atoms with Gasteiger partial charge in [-0.3, -0.25) is 0 Å². The number of esters is 1. The van der Waals surface area contributed by atoms with E-state index in [1.54, 1.807) is 17.8 Å². The second-order valence-electron chi connectivity index (χ2n) is 4.90. The minimum atomic E-state index is -0.368. The molecule has 23 heavy (non-hydrogen) atoms. The second kappa shape index (κ2) is 6.79. The number of nitrogens with zero attached hydrogens (tertiary/aromatic N) is 2. The summed E-state index contributed by atoms with van der Waals surface area (Å²) in [5, 5.41) is 4.58. The van der Waals surface area contributed by atoms with Gasteiger partial charge in [-0.2, -0.15) is 5.10 Å². The van der Waals surface area contributed by atoms with Crippen molar-refractivity contribution in [1.82, 2.24) is 9.78 Å². The fraction of sp³-hybridized carbons (Fsp3) is 0.111. The van der Waals surface area contributed by atoms with Crippen LogP contribution in [0.25, 0.3) is 16.9 Å². The van der Waals surface area contributed by atoms with Crippen LogP contribution in [0.5, 0.6) is 0 Å². The smallest absolute Gasteiger partial charge is 0.342 e. The highest BCUT2D eigenvalue weighted by Gasteiger charge is 2.19. The number of carbonyl (C=O) groups is 1. The lowest BCUT2D eigenvalue weighted by molar-refractivity contribution is 0.0527. The SMILES string of the molecule is CCOC(=O)c1cn(-c2ccccc2)nc1-c1ccc(Br)cc1. The van der Waals surface area contributed by atoms with Gasteiger partial charge in [-0.1, -0.05) is 46.3 Å². The third-order valence-electron chi connectivity index (χ3n) is 3.35. The van der Waals surface area contributed by atoms with E-state index < -0.39 is 0 Å². The summed E-state index contributed by atoms with van der Waals surface area (Å²) in [5.41, 5.74) is 2.82. The molecule has 5 heteroatoms. The third-order valence-corrected chi connectivity index (χ3v) is 3.88. The molecule has 0 N–H and O–H groups in total. The summed E-state index contributed by atoms with van der Waals surface area (Å²) in [5.74, 6) is -0.368. The molecule has 2 aromatic carbocycles. The van der Waals surface area contributed by atoms with E-state index in [9.17, 15) is 4.79 Å². The lowest BCUT2D eigenvalue weighted by atomic mass is 10.1. The molecule has 3 rings (SSSR count). The molecule has 116 valence electrons. The van der Waals surface area contributed by atoms with Crippen LogP contribution in [0.3, 0.4) is 0 Å². The molecule has 0 unspecified atom stereocenters. The molecule has 4 nitrogen and oxygen atoms in total. The van der Waals surface area contributed by atoms with Crippen molar-refractivity contribution in [2.75, 3.05) is 6.61 Å². The molecule has 0 aliphatic heterocycles. The topological polar surface area (TPSA) is 44.1 Å². The maximum Gasteiger partial charge on any atom is 0.342 e. The van der Waals surface area contributed by atoms with Crippen LogP contribution in [0.15, 0.2) is 65.3 Å². The number of halogens is 1. The van der Waals surface area contributed by atoms with Crippen LogP contribution in [0, 0.1) is 0 Å². The van der Waals surface area contributed by atoms with Gasteiger partial charge in [-0.25, -0.2) is 9.48 Å². The fourth-order valence-electron chi connectivity index (χ4n) is 2.27. The lowest BCUT2D eigenvalue weighted by Crippen LogP contribution is -2.05. The Hall–Kier alpha value is -2.40. The molecule has 3 aromatic rings. The predicted octanol–water partition coefficient (Wildman–Crippen LogP) is 4.48. The third kappa shape index (κ3) is 3.35. The number of para-hydroxylation sites is 1. The van der Waals surface area contributed by atoms with E-state index in [2.05, 4.69) is 21.0 Å². The van der Waals surface area contributed by atoms with E-state index in [-0.39, 0.29) is 5.97 Å². The van der Waals surface area contributed by atoms with Crippen LogP contribution in [0.4, 0.5) is 0 Å². The minimum Gasteiger partial charge on any atom is -0.462 e. The Morgan fingerprint density at radius 1 is 1.13 bits per heavy atom. The van der Waals surface area contributed by atoms with Crippen molar-refractivity contribution in [3.63, 3.8) is 0 Å². The van der Waals surface area contributed by atoms with E-state index in [1.165, 1.54) is 0 Å². The summed E-state index contributed by atoms with van der Waals surface area (Å²) in [6, 6.07) is 17.4. The monoisotopic (exact) mass is 370 g/mol. The molecule has 0 saturated carbocycles. The largest absolute Gasteiger partial charge is 0.462 e. The minimum absolute atomic E-state index is 0.329. The Kier molecular flexibility index (Phi) is 4.57. The average molecular weight is 371 g/mol. The highest BCUT2D eigenvalue weighted by molar-refractivity contribution is 9.10. The van der Waals surface area contributed by atoms with Gasteiger partial charge < -0.3 is 4.74 Å². The predicted molar refractivity (Wildman–Crippen MR) is 92.7 cm³/mol. The molecular formula is C18H15BrN2O2. The summed E-state index contributed by atoms with van der Waals surface area (Å²) in [4.78, 5) is 12.3. The summed E-state index contributed by atoms with van der Waals surface area (Å²) < 4.78 is 7.83. The molecule has 0 atom stereocenters. The fourth-order valence-corrected chi connectivity index (χ4v) is 2.53. The van der Waals surface area contributed by atoms with Crippen LogP contribution in [-0.4, -0.2) is 22.4 Å². The van der Waals surface area contributed by atoms with Crippen molar-refractivity contribution in [3.8, 4) is 16.9 Å². The van der Waals surface area contributed by atoms with Gasteiger partial charge >= 0.3 is 5.97 Å². The number of rotatable bonds is 4. The first-order chi connectivity index (χ1) is 11.2. The van der Waals surface area contributed by atoms with E-state index in [1.807, 2.05) is 54.6 Å². The van der Waals surface area contributed by atoms with Gasteiger partial charge in [0.1, 0.15) is 11.3 Å². The molecule has 0 amide bonds. The van der Waals surface area contributed by atoms with Crippen LogP contribution in [0.2, 0.25) is 0 Å². The maximum absolute atomic E-state index is 12.3. The quantitative estimate of drug-likeness (QED) is 0.636. The van der Waals surface area contributed by atoms with Crippen molar-refractivity contribution in [3.05, 3.63) is 70.8 Å². The molecule has 0 spiro atoms. The summed E-state index contributed by atoms with van der Waals surface area (Å²) >= 11 is 3.41. The normalized spacial score (nSPS) is 10.5. The van der Waals surface area contributed by atoms with Gasteiger partial charge in [-0.05, 0) is 31.2 Å². The number of carbonyl (C=O) groups excluding carboxylic acids is 1. The maximum atomic E-state index is 12.3. The van der Waals surface area contributed by atoms with Crippen LogP contribution in [-0.2, 0) is 4.74 Å². The van der Waals surface area contributed by atoms with Gasteiger partial charge in [0.25, 0.3) is 0 Å². The molecule has 1 heterocycles. The van der Waals surface area contributed by atoms with E-state index in [4.69, 9.17) is 4.74 Å². The zero-order valence-corrected chi connectivity index (χ0v) is 14.2. The van der Waals surface area contributed by atoms with Gasteiger partial charge in [0.05, 0.1) is 12.3 Å². The number of ether oxygens (including phenoxy) is 1. The van der Waals surface area contributed by atoms with Crippen molar-refractivity contribution < 1.29 is 9.53 Å². The zero-order valence-electron chi connectivity index (χ0n) is 12.6. The Balaban J connectivity index is 2.10. The summed E-state index contributed by atoms with van der Waals surface area (Å²) in [6.45, 7) is 2.12. The van der Waals surface area contributed by atoms with Crippen molar-refractivity contribution in [2.45, 2.75) is 6.92 Å². The van der Waals surface area contributed by atoms with Gasteiger partial charge in [0.2, 0.25) is 0 Å². The molecular weight excluding hydrogens is 356 g/mol. The van der Waals surface area contributed by atoms with Crippen molar-refractivity contribution in [2.24, 2.45) is 0 Å². The van der Waals surface area contributed by atoms with Gasteiger partial charge in [0.15, 0.2) is 0 Å². The highest BCUT2D eigenvalue weighted by atomic mass is 79.9. The average Bonchev–Trinajstić information content (AvgIpc) is 3.02. The van der Waals surface area contributed by atoms with Crippen molar-refractivity contribution in [1.29, 1.82) is 0 Å². The van der Waals surface area contributed by atoms with Crippen LogP contribution >= 0.6 is 15.9 Å². The number of hydrogen-bond donors (Lipinski definition) is 0. The molecule has 0 fully saturated rings. The molecule has 0 aliphatic rings. The Labute approximate surface area is 142 Å². The Morgan fingerprint density at radius 3 is 2.48 bits per heavy atom. The number of aromatic nitrogens is 2. The van der Waals surface area contributed by atoms with Crippen LogP contribution in [0.1, 0.15) is 17.3 Å². The Bertz CT molecular complexity index is 811. The lowest BCUT2D eigenvalue weighted by Gasteiger charge is -2.02. The first-order valence-electron chi connectivity index (χ1n) is 7.27. The second-order valence-corrected chi connectivity index (χ2v) is 5.81. The first kappa shape index (κ1) is 15.5. The summed E-state index contributed by atoms with van der Waals surface area (Å²) in [6.07, 6.45) is 1.71. The van der Waals surface area contributed by atoms with E-state index in [0.29, 0.717) is 17.9 Å². The molecule has 0 radical (unpaired) electrons. The molecule has 1 aromatic heterocycles. The summed E-state index contributed by atoms with van der Waals surface area (Å²) in [7, 11) is 0. The molecule has 0 aliphatic carbocycles. The zero-order chi connectivity index (χ0) is 16.2.